The van der Waals surface area contributed by atoms with Crippen LogP contribution in [0.4, 0.5) is 0 Å². The molecule has 1 N–H and O–H groups in total. The zero-order valence-electron chi connectivity index (χ0n) is 8.91. The van der Waals surface area contributed by atoms with Crippen molar-refractivity contribution in [1.82, 2.24) is 20.4 Å². The van der Waals surface area contributed by atoms with Crippen molar-refractivity contribution in [3.8, 4) is 0 Å². The van der Waals surface area contributed by atoms with Crippen molar-refractivity contribution < 1.29 is 9.63 Å². The van der Waals surface area contributed by atoms with Crippen molar-refractivity contribution in [2.24, 2.45) is 0 Å². The molecule has 0 aliphatic carbocycles. The summed E-state index contributed by atoms with van der Waals surface area (Å²) in [5.74, 6) is -0.406. The fourth-order valence-electron chi connectivity index (χ4n) is 1.15. The van der Waals surface area contributed by atoms with E-state index >= 15 is 0 Å². The van der Waals surface area contributed by atoms with E-state index in [2.05, 4.69) is 20.4 Å². The molecule has 0 saturated heterocycles. The van der Waals surface area contributed by atoms with E-state index in [-0.39, 0.29) is 12.3 Å². The van der Waals surface area contributed by atoms with Crippen molar-refractivity contribution >= 4 is 5.91 Å². The smallest absolute Gasteiger partial charge is 0.269 e. The Hall–Kier alpha value is -2.34. The van der Waals surface area contributed by atoms with Gasteiger partial charge >= 0.3 is 0 Å². The van der Waals surface area contributed by atoms with Gasteiger partial charge in [-0.05, 0) is 17.7 Å². The van der Waals surface area contributed by atoms with Gasteiger partial charge in [-0.15, -0.1) is 0 Å². The maximum atomic E-state index is 11.5. The zero-order valence-corrected chi connectivity index (χ0v) is 8.91. The van der Waals surface area contributed by atoms with Gasteiger partial charge in [0.2, 0.25) is 0 Å². The Balaban J connectivity index is 1.82. The molecule has 2 rings (SSSR count). The number of carbonyl (C=O) groups excluding carboxylic acids is 1. The molecule has 6 nitrogen and oxygen atoms in total. The Bertz CT molecular complexity index is 475. The second kappa shape index (κ2) is 5.66. The highest BCUT2D eigenvalue weighted by Crippen LogP contribution is 1.97. The van der Waals surface area contributed by atoms with Crippen molar-refractivity contribution in [3.05, 3.63) is 54.4 Å². The van der Waals surface area contributed by atoms with E-state index in [0.717, 1.165) is 5.56 Å². The number of hydrogen-bond donors (Lipinski definition) is 1. The SMILES string of the molecule is O=C(NOCc1cccnc1)c1ccncn1. The molecule has 6 heteroatoms. The average Bonchev–Trinajstić information content (AvgIpc) is 2.41. The first-order valence-electron chi connectivity index (χ1n) is 4.93. The van der Waals surface area contributed by atoms with E-state index in [1.807, 2.05) is 6.07 Å². The molecular weight excluding hydrogens is 220 g/mol. The Morgan fingerprint density at radius 1 is 1.29 bits per heavy atom. The monoisotopic (exact) mass is 230 g/mol. The van der Waals surface area contributed by atoms with Gasteiger partial charge in [0.25, 0.3) is 5.91 Å². The second-order valence-electron chi connectivity index (χ2n) is 3.18. The third-order valence-electron chi connectivity index (χ3n) is 1.94. The van der Waals surface area contributed by atoms with Crippen LogP contribution in [0, 0.1) is 0 Å². The lowest BCUT2D eigenvalue weighted by molar-refractivity contribution is 0.0228. The third kappa shape index (κ3) is 3.32. The summed E-state index contributed by atoms with van der Waals surface area (Å²) in [6, 6.07) is 5.15. The first-order chi connectivity index (χ1) is 8.36. The van der Waals surface area contributed by atoms with Crippen LogP contribution in [0.3, 0.4) is 0 Å². The molecule has 2 heterocycles. The molecule has 0 aromatic carbocycles. The highest BCUT2D eigenvalue weighted by Gasteiger charge is 2.05. The largest absolute Gasteiger partial charge is 0.293 e. The molecule has 0 aliphatic heterocycles. The third-order valence-corrected chi connectivity index (χ3v) is 1.94. The van der Waals surface area contributed by atoms with Gasteiger partial charge in [-0.1, -0.05) is 6.07 Å². The topological polar surface area (TPSA) is 77.0 Å². The van der Waals surface area contributed by atoms with Gasteiger partial charge in [-0.25, -0.2) is 15.4 Å². The molecule has 0 bridgehead atoms. The van der Waals surface area contributed by atoms with Gasteiger partial charge in [0.15, 0.2) is 0 Å². The fraction of sp³-hybridized carbons (Fsp3) is 0.0909. The lowest BCUT2D eigenvalue weighted by atomic mass is 10.3. The molecule has 0 radical (unpaired) electrons. The molecule has 2 aromatic heterocycles. The predicted octanol–water partition coefficient (Wildman–Crippen LogP) is 0.733. The summed E-state index contributed by atoms with van der Waals surface area (Å²) in [7, 11) is 0. The van der Waals surface area contributed by atoms with Crippen LogP contribution in [0.25, 0.3) is 0 Å². The number of hydroxylamine groups is 1. The summed E-state index contributed by atoms with van der Waals surface area (Å²) in [5.41, 5.74) is 3.42. The number of aromatic nitrogens is 3. The van der Waals surface area contributed by atoms with Crippen LogP contribution in [0.1, 0.15) is 16.1 Å². The number of nitrogens with one attached hydrogen (secondary N) is 1. The molecule has 0 spiro atoms. The quantitative estimate of drug-likeness (QED) is 0.783. The Kier molecular flexibility index (Phi) is 3.72. The molecule has 86 valence electrons. The molecule has 0 unspecified atom stereocenters. The Morgan fingerprint density at radius 2 is 2.24 bits per heavy atom. The van der Waals surface area contributed by atoms with Gasteiger partial charge < -0.3 is 0 Å². The molecule has 0 atom stereocenters. The Labute approximate surface area is 97.7 Å². The lowest BCUT2D eigenvalue weighted by Gasteiger charge is -2.04. The number of pyridine rings is 1. The standard InChI is InChI=1S/C11H10N4O2/c16-11(10-3-5-13-8-14-10)15-17-7-9-2-1-4-12-6-9/h1-6,8H,7H2,(H,15,16). The van der Waals surface area contributed by atoms with Gasteiger partial charge in [0.05, 0.1) is 0 Å². The summed E-state index contributed by atoms with van der Waals surface area (Å²) < 4.78 is 0. The van der Waals surface area contributed by atoms with Crippen molar-refractivity contribution in [3.63, 3.8) is 0 Å². The molecule has 0 saturated carbocycles. The highest BCUT2D eigenvalue weighted by atomic mass is 16.6. The maximum Gasteiger partial charge on any atom is 0.293 e. The van der Waals surface area contributed by atoms with Crippen LogP contribution in [0.15, 0.2) is 43.1 Å². The summed E-state index contributed by atoms with van der Waals surface area (Å²) in [4.78, 5) is 28.0. The fourth-order valence-corrected chi connectivity index (χ4v) is 1.15. The lowest BCUT2D eigenvalue weighted by Crippen LogP contribution is -2.24. The summed E-state index contributed by atoms with van der Waals surface area (Å²) in [6.45, 7) is 0.255. The van der Waals surface area contributed by atoms with Gasteiger partial charge in [0.1, 0.15) is 18.6 Å². The second-order valence-corrected chi connectivity index (χ2v) is 3.18. The predicted molar refractivity (Wildman–Crippen MR) is 58.5 cm³/mol. The van der Waals surface area contributed by atoms with Crippen LogP contribution in [0.5, 0.6) is 0 Å². The van der Waals surface area contributed by atoms with Crippen molar-refractivity contribution in [2.45, 2.75) is 6.61 Å². The van der Waals surface area contributed by atoms with Crippen molar-refractivity contribution in [2.75, 3.05) is 0 Å². The van der Waals surface area contributed by atoms with E-state index < -0.39 is 5.91 Å². The maximum absolute atomic E-state index is 11.5. The minimum Gasteiger partial charge on any atom is -0.269 e. The molecule has 2 aromatic rings. The molecule has 17 heavy (non-hydrogen) atoms. The number of rotatable bonds is 4. The van der Waals surface area contributed by atoms with E-state index in [4.69, 9.17) is 4.84 Å². The van der Waals surface area contributed by atoms with E-state index in [1.54, 1.807) is 18.5 Å². The van der Waals surface area contributed by atoms with E-state index in [1.165, 1.54) is 18.6 Å². The number of hydrogen-bond acceptors (Lipinski definition) is 5. The van der Waals surface area contributed by atoms with Gasteiger partial charge in [-0.2, -0.15) is 0 Å². The number of carbonyl (C=O) groups is 1. The van der Waals surface area contributed by atoms with Crippen molar-refractivity contribution in [1.29, 1.82) is 0 Å². The molecule has 1 amide bonds. The minimum atomic E-state index is -0.406. The first kappa shape index (κ1) is 11.2. The van der Waals surface area contributed by atoms with Gasteiger partial charge in [-0.3, -0.25) is 14.6 Å². The number of amides is 1. The summed E-state index contributed by atoms with van der Waals surface area (Å²) >= 11 is 0. The zero-order chi connectivity index (χ0) is 11.9. The first-order valence-corrected chi connectivity index (χ1v) is 4.93. The molecule has 0 fully saturated rings. The van der Waals surface area contributed by atoms with Crippen LogP contribution >= 0.6 is 0 Å². The average molecular weight is 230 g/mol. The van der Waals surface area contributed by atoms with E-state index in [9.17, 15) is 4.79 Å². The van der Waals surface area contributed by atoms with Crippen LogP contribution in [0.2, 0.25) is 0 Å². The summed E-state index contributed by atoms with van der Waals surface area (Å²) in [5, 5.41) is 0. The summed E-state index contributed by atoms with van der Waals surface area (Å²) in [6.07, 6.45) is 6.12. The van der Waals surface area contributed by atoms with Gasteiger partial charge in [0, 0.05) is 18.6 Å². The normalized spacial score (nSPS) is 9.88. The molecule has 0 aliphatic rings. The van der Waals surface area contributed by atoms with Crippen LogP contribution in [-0.4, -0.2) is 20.9 Å². The van der Waals surface area contributed by atoms with E-state index in [0.29, 0.717) is 0 Å². The van der Waals surface area contributed by atoms with Crippen LogP contribution in [-0.2, 0) is 11.4 Å². The Morgan fingerprint density at radius 3 is 2.94 bits per heavy atom. The van der Waals surface area contributed by atoms with Crippen LogP contribution < -0.4 is 5.48 Å². The number of nitrogens with zero attached hydrogens (tertiary/aromatic N) is 3. The minimum absolute atomic E-state index is 0.255. The molecular formula is C11H10N4O2. The highest BCUT2D eigenvalue weighted by molar-refractivity contribution is 5.91.